The first kappa shape index (κ1) is 10.2. The summed E-state index contributed by atoms with van der Waals surface area (Å²) < 4.78 is 1.11. The van der Waals surface area contributed by atoms with Crippen molar-refractivity contribution in [2.45, 2.75) is 6.54 Å². The summed E-state index contributed by atoms with van der Waals surface area (Å²) in [5, 5.41) is 1.96. The van der Waals surface area contributed by atoms with Crippen molar-refractivity contribution in [1.29, 1.82) is 0 Å². The van der Waals surface area contributed by atoms with Crippen molar-refractivity contribution >= 4 is 22.9 Å². The van der Waals surface area contributed by atoms with Crippen molar-refractivity contribution in [3.05, 3.63) is 54.4 Å². The van der Waals surface area contributed by atoms with Crippen LogP contribution in [0.25, 0.3) is 0 Å². The fourth-order valence-corrected chi connectivity index (χ4v) is 2.07. The third-order valence-electron chi connectivity index (χ3n) is 1.88. The van der Waals surface area contributed by atoms with Gasteiger partial charge in [-0.25, -0.2) is 4.79 Å². The third kappa shape index (κ3) is 2.19. The van der Waals surface area contributed by atoms with Gasteiger partial charge in [-0.3, -0.25) is 14.3 Å². The van der Waals surface area contributed by atoms with Crippen LogP contribution >= 0.6 is 22.9 Å². The Hall–Kier alpha value is -1.33. The number of rotatable bonds is 2. The van der Waals surface area contributed by atoms with Gasteiger partial charge in [-0.2, -0.15) is 0 Å². The Kier molecular flexibility index (Phi) is 2.75. The number of hydrogen-bond acceptors (Lipinski definition) is 3. The van der Waals surface area contributed by atoms with E-state index in [9.17, 15) is 9.59 Å². The molecule has 0 atom stereocenters. The lowest BCUT2D eigenvalue weighted by molar-refractivity contribution is 0.707. The van der Waals surface area contributed by atoms with Crippen molar-refractivity contribution in [3.63, 3.8) is 0 Å². The SMILES string of the molecule is O=c1cc(Cl)[nH]c(=O)n1Cc1cccs1. The highest BCUT2D eigenvalue weighted by Gasteiger charge is 2.04. The van der Waals surface area contributed by atoms with E-state index < -0.39 is 11.2 Å². The number of H-pyrrole nitrogens is 1. The van der Waals surface area contributed by atoms with E-state index in [4.69, 9.17) is 11.6 Å². The van der Waals surface area contributed by atoms with Crippen LogP contribution in [-0.2, 0) is 6.54 Å². The minimum Gasteiger partial charge on any atom is -0.298 e. The fourth-order valence-electron chi connectivity index (χ4n) is 1.20. The first-order valence-corrected chi connectivity index (χ1v) is 5.44. The Morgan fingerprint density at radius 1 is 1.47 bits per heavy atom. The average Bonchev–Trinajstić information content (AvgIpc) is 2.63. The quantitative estimate of drug-likeness (QED) is 0.807. The highest BCUT2D eigenvalue weighted by molar-refractivity contribution is 7.09. The highest BCUT2D eigenvalue weighted by Crippen LogP contribution is 2.08. The molecule has 0 radical (unpaired) electrons. The Morgan fingerprint density at radius 2 is 2.27 bits per heavy atom. The maximum absolute atomic E-state index is 11.5. The van der Waals surface area contributed by atoms with Crippen molar-refractivity contribution in [2.75, 3.05) is 0 Å². The van der Waals surface area contributed by atoms with Crippen LogP contribution in [0.4, 0.5) is 0 Å². The Bertz CT molecular complexity index is 539. The second kappa shape index (κ2) is 4.04. The molecule has 1 N–H and O–H groups in total. The summed E-state index contributed by atoms with van der Waals surface area (Å²) in [6, 6.07) is 4.93. The second-order valence-electron chi connectivity index (χ2n) is 2.93. The summed E-state index contributed by atoms with van der Waals surface area (Å²) in [6.07, 6.45) is 0. The average molecular weight is 243 g/mol. The van der Waals surface area contributed by atoms with Crippen LogP contribution in [-0.4, -0.2) is 9.55 Å². The number of nitrogens with one attached hydrogen (secondary N) is 1. The Morgan fingerprint density at radius 3 is 2.87 bits per heavy atom. The normalized spacial score (nSPS) is 10.5. The number of aromatic amines is 1. The summed E-state index contributed by atoms with van der Waals surface area (Å²) in [5.41, 5.74) is -0.877. The van der Waals surface area contributed by atoms with E-state index >= 15 is 0 Å². The molecule has 2 rings (SSSR count). The minimum atomic E-state index is -0.485. The molecule has 0 aliphatic carbocycles. The number of halogens is 1. The van der Waals surface area contributed by atoms with Crippen LogP contribution < -0.4 is 11.2 Å². The van der Waals surface area contributed by atoms with E-state index in [1.165, 1.54) is 17.4 Å². The maximum Gasteiger partial charge on any atom is 0.329 e. The topological polar surface area (TPSA) is 54.9 Å². The number of hydrogen-bond donors (Lipinski definition) is 1. The van der Waals surface area contributed by atoms with Crippen molar-refractivity contribution in [3.8, 4) is 0 Å². The van der Waals surface area contributed by atoms with Crippen LogP contribution in [0.5, 0.6) is 0 Å². The molecule has 0 spiro atoms. The molecule has 78 valence electrons. The molecule has 0 saturated heterocycles. The Labute approximate surface area is 93.8 Å². The molecule has 0 fully saturated rings. The van der Waals surface area contributed by atoms with Gasteiger partial charge in [-0.05, 0) is 11.4 Å². The van der Waals surface area contributed by atoms with Gasteiger partial charge in [0.15, 0.2) is 0 Å². The van der Waals surface area contributed by atoms with E-state index in [0.29, 0.717) is 0 Å². The van der Waals surface area contributed by atoms with Gasteiger partial charge in [-0.1, -0.05) is 17.7 Å². The Balaban J connectivity index is 2.46. The van der Waals surface area contributed by atoms with Gasteiger partial charge < -0.3 is 0 Å². The molecular weight excluding hydrogens is 236 g/mol. The molecule has 2 aromatic rings. The molecule has 0 saturated carbocycles. The van der Waals surface area contributed by atoms with Gasteiger partial charge in [0, 0.05) is 10.9 Å². The molecule has 0 amide bonds. The van der Waals surface area contributed by atoms with Gasteiger partial charge in [0.05, 0.1) is 6.54 Å². The summed E-state index contributed by atoms with van der Waals surface area (Å²) >= 11 is 7.03. The largest absolute Gasteiger partial charge is 0.329 e. The van der Waals surface area contributed by atoms with Crippen LogP contribution in [0.1, 0.15) is 4.88 Å². The highest BCUT2D eigenvalue weighted by atomic mass is 35.5. The molecule has 0 aliphatic rings. The van der Waals surface area contributed by atoms with Gasteiger partial charge in [-0.15, -0.1) is 11.3 Å². The number of thiophene rings is 1. The molecule has 0 aliphatic heterocycles. The number of nitrogens with zero attached hydrogens (tertiary/aromatic N) is 1. The van der Waals surface area contributed by atoms with E-state index in [0.717, 1.165) is 9.44 Å². The molecule has 0 aromatic carbocycles. The molecule has 0 bridgehead atoms. The van der Waals surface area contributed by atoms with E-state index in [1.807, 2.05) is 17.5 Å². The summed E-state index contributed by atoms with van der Waals surface area (Å²) in [6.45, 7) is 0.281. The van der Waals surface area contributed by atoms with Crippen LogP contribution in [0.2, 0.25) is 5.15 Å². The zero-order valence-electron chi connectivity index (χ0n) is 7.57. The van der Waals surface area contributed by atoms with Crippen LogP contribution in [0.15, 0.2) is 33.2 Å². The lowest BCUT2D eigenvalue weighted by atomic mass is 10.4. The van der Waals surface area contributed by atoms with Gasteiger partial charge in [0.2, 0.25) is 0 Å². The summed E-state index contributed by atoms with van der Waals surface area (Å²) in [4.78, 5) is 26.2. The van der Waals surface area contributed by atoms with Crippen LogP contribution in [0, 0.1) is 0 Å². The van der Waals surface area contributed by atoms with Gasteiger partial charge in [0.1, 0.15) is 5.15 Å². The predicted molar refractivity (Wildman–Crippen MR) is 59.8 cm³/mol. The smallest absolute Gasteiger partial charge is 0.298 e. The van der Waals surface area contributed by atoms with Crippen LogP contribution in [0.3, 0.4) is 0 Å². The molecule has 15 heavy (non-hydrogen) atoms. The molecule has 2 aromatic heterocycles. The second-order valence-corrected chi connectivity index (χ2v) is 4.37. The van der Waals surface area contributed by atoms with Gasteiger partial charge in [0.25, 0.3) is 5.56 Å². The molecule has 0 unspecified atom stereocenters. The predicted octanol–water partition coefficient (Wildman–Crippen LogP) is 1.30. The lowest BCUT2D eigenvalue weighted by Crippen LogP contribution is -2.34. The first-order valence-electron chi connectivity index (χ1n) is 4.19. The van der Waals surface area contributed by atoms with E-state index in [1.54, 1.807) is 0 Å². The lowest BCUT2D eigenvalue weighted by Gasteiger charge is -2.01. The number of aromatic nitrogens is 2. The standard InChI is InChI=1S/C9H7ClN2O2S/c10-7-4-8(13)12(9(14)11-7)5-6-2-1-3-15-6/h1-4H,5H2,(H,11,14). The maximum atomic E-state index is 11.5. The molecular formula is C9H7ClN2O2S. The zero-order valence-corrected chi connectivity index (χ0v) is 9.14. The van der Waals surface area contributed by atoms with Crippen molar-refractivity contribution in [2.24, 2.45) is 0 Å². The molecule has 2 heterocycles. The third-order valence-corrected chi connectivity index (χ3v) is 2.95. The molecule has 4 nitrogen and oxygen atoms in total. The van der Waals surface area contributed by atoms with E-state index in [2.05, 4.69) is 4.98 Å². The van der Waals surface area contributed by atoms with Crippen molar-refractivity contribution in [1.82, 2.24) is 9.55 Å². The first-order chi connectivity index (χ1) is 7.16. The summed E-state index contributed by atoms with van der Waals surface area (Å²) in [5.74, 6) is 0. The zero-order chi connectivity index (χ0) is 10.8. The fraction of sp³-hybridized carbons (Fsp3) is 0.111. The summed E-state index contributed by atoms with van der Waals surface area (Å²) in [7, 11) is 0. The van der Waals surface area contributed by atoms with Crippen molar-refractivity contribution < 1.29 is 0 Å². The monoisotopic (exact) mass is 242 g/mol. The minimum absolute atomic E-state index is 0.0624. The molecule has 6 heteroatoms. The van der Waals surface area contributed by atoms with Gasteiger partial charge >= 0.3 is 5.69 Å². The van der Waals surface area contributed by atoms with E-state index in [-0.39, 0.29) is 11.7 Å².